The monoisotopic (exact) mass is 310 g/mol. The van der Waals surface area contributed by atoms with Gasteiger partial charge in [0.05, 0.1) is 0 Å². The largest absolute Gasteiger partial charge is 0.372 e. The van der Waals surface area contributed by atoms with E-state index in [-0.39, 0.29) is 6.04 Å². The summed E-state index contributed by atoms with van der Waals surface area (Å²) in [5.74, 6) is 0. The number of nitrogens with zero attached hydrogens (tertiary/aromatic N) is 1. The van der Waals surface area contributed by atoms with Crippen LogP contribution in [0.3, 0.4) is 0 Å². The molecule has 3 heteroatoms. The van der Waals surface area contributed by atoms with Gasteiger partial charge in [-0.25, -0.2) is 0 Å². The minimum absolute atomic E-state index is 0.0840. The molecule has 0 radical (unpaired) electrons. The van der Waals surface area contributed by atoms with E-state index in [1.807, 2.05) is 6.92 Å². The molecule has 1 aliphatic heterocycles. The van der Waals surface area contributed by atoms with E-state index in [4.69, 9.17) is 5.73 Å². The zero-order valence-electron chi connectivity index (χ0n) is 11.2. The molecule has 1 aromatic rings. The van der Waals surface area contributed by atoms with Crippen LogP contribution in [0.2, 0.25) is 0 Å². The van der Waals surface area contributed by atoms with E-state index in [0.29, 0.717) is 0 Å². The molecule has 0 unspecified atom stereocenters. The first-order chi connectivity index (χ1) is 8.68. The van der Waals surface area contributed by atoms with Crippen LogP contribution in [-0.4, -0.2) is 13.1 Å². The van der Waals surface area contributed by atoms with Crippen molar-refractivity contribution in [3.63, 3.8) is 0 Å². The van der Waals surface area contributed by atoms with Crippen molar-refractivity contribution in [1.82, 2.24) is 0 Å². The van der Waals surface area contributed by atoms with E-state index in [9.17, 15) is 0 Å². The maximum atomic E-state index is 5.95. The molecule has 100 valence electrons. The van der Waals surface area contributed by atoms with E-state index in [1.165, 1.54) is 56.4 Å². The average Bonchev–Trinajstić information content (AvgIpc) is 2.27. The van der Waals surface area contributed by atoms with Gasteiger partial charge < -0.3 is 10.6 Å². The fourth-order valence-corrected chi connectivity index (χ4v) is 3.32. The first-order valence-electron chi connectivity index (χ1n) is 6.98. The highest BCUT2D eigenvalue weighted by atomic mass is 79.9. The van der Waals surface area contributed by atoms with Gasteiger partial charge in [0.1, 0.15) is 0 Å². The Hall–Kier alpha value is -0.540. The summed E-state index contributed by atoms with van der Waals surface area (Å²) in [6, 6.07) is 6.68. The van der Waals surface area contributed by atoms with Gasteiger partial charge in [0.25, 0.3) is 0 Å². The maximum absolute atomic E-state index is 5.95. The van der Waals surface area contributed by atoms with E-state index in [2.05, 4.69) is 39.0 Å². The summed E-state index contributed by atoms with van der Waals surface area (Å²) in [4.78, 5) is 2.51. The smallest absolute Gasteiger partial charge is 0.0377 e. The van der Waals surface area contributed by atoms with Crippen molar-refractivity contribution in [2.45, 2.75) is 45.1 Å². The predicted molar refractivity (Wildman–Crippen MR) is 82.0 cm³/mol. The zero-order valence-corrected chi connectivity index (χ0v) is 12.7. The van der Waals surface area contributed by atoms with Crippen molar-refractivity contribution in [2.75, 3.05) is 18.0 Å². The second-order valence-corrected chi connectivity index (χ2v) is 6.10. The van der Waals surface area contributed by atoms with Gasteiger partial charge in [-0.05, 0) is 37.5 Å². The van der Waals surface area contributed by atoms with Crippen molar-refractivity contribution >= 4 is 21.6 Å². The van der Waals surface area contributed by atoms with Crippen molar-refractivity contribution in [1.29, 1.82) is 0 Å². The van der Waals surface area contributed by atoms with Crippen LogP contribution in [0, 0.1) is 0 Å². The van der Waals surface area contributed by atoms with Crippen LogP contribution in [0.1, 0.15) is 50.6 Å². The molecule has 1 fully saturated rings. The molecule has 0 aliphatic carbocycles. The minimum Gasteiger partial charge on any atom is -0.372 e. The van der Waals surface area contributed by atoms with Crippen molar-refractivity contribution in [3.8, 4) is 0 Å². The summed E-state index contributed by atoms with van der Waals surface area (Å²) in [5.41, 5.74) is 8.46. The molecule has 2 rings (SSSR count). The number of hydrogen-bond acceptors (Lipinski definition) is 2. The first-order valence-corrected chi connectivity index (χ1v) is 7.78. The lowest BCUT2D eigenvalue weighted by atomic mass is 10.1. The SMILES string of the molecule is C[C@H](N)c1ccc(N2CCCCCCC2)cc1Br. The molecule has 2 N–H and O–H groups in total. The number of benzene rings is 1. The lowest BCUT2D eigenvalue weighted by Gasteiger charge is -2.27. The molecule has 18 heavy (non-hydrogen) atoms. The van der Waals surface area contributed by atoms with Gasteiger partial charge in [0.2, 0.25) is 0 Å². The Labute approximate surface area is 119 Å². The molecule has 2 nitrogen and oxygen atoms in total. The minimum atomic E-state index is 0.0840. The van der Waals surface area contributed by atoms with Crippen molar-refractivity contribution in [2.24, 2.45) is 5.73 Å². The Morgan fingerprint density at radius 2 is 1.72 bits per heavy atom. The van der Waals surface area contributed by atoms with Crippen LogP contribution in [-0.2, 0) is 0 Å². The van der Waals surface area contributed by atoms with Gasteiger partial charge in [0.15, 0.2) is 0 Å². The average molecular weight is 311 g/mol. The molecule has 0 amide bonds. The van der Waals surface area contributed by atoms with Crippen molar-refractivity contribution < 1.29 is 0 Å². The Balaban J connectivity index is 2.14. The molecular formula is C15H23BrN2. The van der Waals surface area contributed by atoms with Crippen LogP contribution < -0.4 is 10.6 Å². The summed E-state index contributed by atoms with van der Waals surface area (Å²) >= 11 is 3.64. The van der Waals surface area contributed by atoms with Crippen LogP contribution >= 0.6 is 15.9 Å². The molecule has 0 saturated carbocycles. The van der Waals surface area contributed by atoms with Gasteiger partial charge in [-0.2, -0.15) is 0 Å². The van der Waals surface area contributed by atoms with E-state index < -0.39 is 0 Å². The summed E-state index contributed by atoms with van der Waals surface area (Å²) in [5, 5.41) is 0. The van der Waals surface area contributed by atoms with Gasteiger partial charge in [-0.15, -0.1) is 0 Å². The number of nitrogens with two attached hydrogens (primary N) is 1. The highest BCUT2D eigenvalue weighted by Crippen LogP contribution is 2.28. The second-order valence-electron chi connectivity index (χ2n) is 5.25. The fourth-order valence-electron chi connectivity index (χ4n) is 2.59. The molecule has 0 spiro atoms. The van der Waals surface area contributed by atoms with Crippen LogP contribution in [0.4, 0.5) is 5.69 Å². The topological polar surface area (TPSA) is 29.3 Å². The predicted octanol–water partition coefficient (Wildman–Crippen LogP) is 4.24. The number of hydrogen-bond donors (Lipinski definition) is 1. The highest BCUT2D eigenvalue weighted by molar-refractivity contribution is 9.10. The summed E-state index contributed by atoms with van der Waals surface area (Å²) in [6.45, 7) is 4.39. The molecule has 1 aromatic carbocycles. The molecule has 1 saturated heterocycles. The molecule has 1 heterocycles. The van der Waals surface area contributed by atoms with Gasteiger partial charge in [0, 0.05) is 29.3 Å². The fraction of sp³-hybridized carbons (Fsp3) is 0.600. The Morgan fingerprint density at radius 1 is 1.11 bits per heavy atom. The molecule has 1 atom stereocenters. The second kappa shape index (κ2) is 6.58. The van der Waals surface area contributed by atoms with E-state index in [1.54, 1.807) is 0 Å². The highest BCUT2D eigenvalue weighted by Gasteiger charge is 2.11. The lowest BCUT2D eigenvalue weighted by molar-refractivity contribution is 0.556. The Morgan fingerprint density at radius 3 is 2.28 bits per heavy atom. The van der Waals surface area contributed by atoms with Crippen LogP contribution in [0.15, 0.2) is 22.7 Å². The van der Waals surface area contributed by atoms with Gasteiger partial charge >= 0.3 is 0 Å². The van der Waals surface area contributed by atoms with Crippen molar-refractivity contribution in [3.05, 3.63) is 28.2 Å². The third kappa shape index (κ3) is 3.48. The number of rotatable bonds is 2. The van der Waals surface area contributed by atoms with Crippen LogP contribution in [0.5, 0.6) is 0 Å². The normalized spacial score (nSPS) is 19.2. The Bertz CT molecular complexity index is 382. The lowest BCUT2D eigenvalue weighted by Crippen LogP contribution is -2.27. The molecule has 0 bridgehead atoms. The quantitative estimate of drug-likeness (QED) is 0.885. The number of halogens is 1. The molecule has 1 aliphatic rings. The summed E-state index contributed by atoms with van der Waals surface area (Å²) < 4.78 is 1.14. The van der Waals surface area contributed by atoms with Crippen LogP contribution in [0.25, 0.3) is 0 Å². The maximum Gasteiger partial charge on any atom is 0.0377 e. The first kappa shape index (κ1) is 13.9. The van der Waals surface area contributed by atoms with E-state index >= 15 is 0 Å². The van der Waals surface area contributed by atoms with Gasteiger partial charge in [-0.3, -0.25) is 0 Å². The third-order valence-electron chi connectivity index (χ3n) is 3.70. The molecule has 0 aromatic heterocycles. The number of anilines is 1. The van der Waals surface area contributed by atoms with Gasteiger partial charge in [-0.1, -0.05) is 41.3 Å². The van der Waals surface area contributed by atoms with E-state index in [0.717, 1.165) is 4.47 Å². The summed E-state index contributed by atoms with van der Waals surface area (Å²) in [7, 11) is 0. The zero-order chi connectivity index (χ0) is 13.0. The molecular weight excluding hydrogens is 288 g/mol. The third-order valence-corrected chi connectivity index (χ3v) is 4.38. The standard InChI is InChI=1S/C15H23BrN2/c1-12(17)14-8-7-13(11-15(14)16)18-9-5-3-2-4-6-10-18/h7-8,11-12H,2-6,9-10,17H2,1H3/t12-/m0/s1. The Kier molecular flexibility index (Phi) is 5.07. The summed E-state index contributed by atoms with van der Waals surface area (Å²) in [6.07, 6.45) is 6.77.